The number of methoxy groups -OCH3 is 1. The van der Waals surface area contributed by atoms with E-state index in [2.05, 4.69) is 17.4 Å². The molecular formula is C19H19NO4. The van der Waals surface area contributed by atoms with Crippen molar-refractivity contribution in [2.45, 2.75) is 18.3 Å². The van der Waals surface area contributed by atoms with Crippen molar-refractivity contribution < 1.29 is 19.0 Å². The van der Waals surface area contributed by atoms with E-state index in [9.17, 15) is 4.79 Å². The molecule has 0 atom stereocenters. The van der Waals surface area contributed by atoms with E-state index in [1.165, 1.54) is 5.56 Å². The van der Waals surface area contributed by atoms with Crippen LogP contribution in [0.5, 0.6) is 17.2 Å². The Morgan fingerprint density at radius 2 is 1.88 bits per heavy atom. The summed E-state index contributed by atoms with van der Waals surface area (Å²) in [5.74, 6) is 2.06. The minimum atomic E-state index is -0.0897. The van der Waals surface area contributed by atoms with Gasteiger partial charge in [0.25, 0.3) is 5.91 Å². The van der Waals surface area contributed by atoms with Gasteiger partial charge in [0, 0.05) is 17.5 Å². The zero-order chi connectivity index (χ0) is 16.6. The van der Waals surface area contributed by atoms with Gasteiger partial charge in [-0.3, -0.25) is 4.79 Å². The van der Waals surface area contributed by atoms with Gasteiger partial charge < -0.3 is 19.5 Å². The first-order chi connectivity index (χ1) is 11.7. The zero-order valence-electron chi connectivity index (χ0n) is 13.5. The summed E-state index contributed by atoms with van der Waals surface area (Å²) in [6, 6.07) is 13.4. The molecule has 124 valence electrons. The lowest BCUT2D eigenvalue weighted by Gasteiger charge is -2.17. The van der Waals surface area contributed by atoms with Crippen LogP contribution < -0.4 is 19.5 Å². The van der Waals surface area contributed by atoms with Gasteiger partial charge in [0.15, 0.2) is 11.5 Å². The Balaban J connectivity index is 1.43. The van der Waals surface area contributed by atoms with E-state index in [0.717, 1.165) is 18.6 Å². The van der Waals surface area contributed by atoms with Crippen molar-refractivity contribution in [2.24, 2.45) is 0 Å². The molecule has 0 spiro atoms. The van der Waals surface area contributed by atoms with E-state index in [1.54, 1.807) is 25.3 Å². The van der Waals surface area contributed by atoms with E-state index in [1.807, 2.05) is 12.1 Å². The number of nitrogens with one attached hydrogen (secondary N) is 1. The highest BCUT2D eigenvalue weighted by molar-refractivity contribution is 5.95. The number of hydrogen-bond donors (Lipinski definition) is 1. The molecule has 1 aliphatic carbocycles. The number of hydrogen-bond acceptors (Lipinski definition) is 4. The van der Waals surface area contributed by atoms with Gasteiger partial charge in [0.2, 0.25) is 6.79 Å². The van der Waals surface area contributed by atoms with Crippen LogP contribution in [0.25, 0.3) is 0 Å². The Hall–Kier alpha value is -2.69. The second kappa shape index (κ2) is 5.74. The van der Waals surface area contributed by atoms with Crippen molar-refractivity contribution >= 4 is 5.91 Å². The van der Waals surface area contributed by atoms with Gasteiger partial charge >= 0.3 is 0 Å². The van der Waals surface area contributed by atoms with Crippen molar-refractivity contribution in [1.29, 1.82) is 0 Å². The molecule has 2 aliphatic rings. The fourth-order valence-corrected chi connectivity index (χ4v) is 3.05. The molecule has 1 saturated carbocycles. The maximum Gasteiger partial charge on any atom is 0.251 e. The Labute approximate surface area is 140 Å². The highest BCUT2D eigenvalue weighted by atomic mass is 16.7. The molecule has 1 aliphatic heterocycles. The van der Waals surface area contributed by atoms with Crippen LogP contribution in [0.2, 0.25) is 0 Å². The lowest BCUT2D eigenvalue weighted by molar-refractivity contribution is 0.0949. The van der Waals surface area contributed by atoms with Gasteiger partial charge in [-0.15, -0.1) is 0 Å². The minimum absolute atomic E-state index is 0.0538. The molecule has 5 nitrogen and oxygen atoms in total. The number of amides is 1. The molecule has 2 aromatic rings. The Morgan fingerprint density at radius 3 is 2.58 bits per heavy atom. The summed E-state index contributed by atoms with van der Waals surface area (Å²) >= 11 is 0. The number of rotatable bonds is 5. The van der Waals surface area contributed by atoms with Crippen molar-refractivity contribution in [3.63, 3.8) is 0 Å². The number of ether oxygens (including phenoxy) is 3. The van der Waals surface area contributed by atoms with Gasteiger partial charge in [-0.1, -0.05) is 12.1 Å². The fraction of sp³-hybridized carbons (Fsp3) is 0.316. The maximum atomic E-state index is 12.4. The van der Waals surface area contributed by atoms with Crippen LogP contribution in [0.3, 0.4) is 0 Å². The molecule has 1 N–H and O–H groups in total. The molecule has 24 heavy (non-hydrogen) atoms. The van der Waals surface area contributed by atoms with E-state index in [-0.39, 0.29) is 18.1 Å². The Bertz CT molecular complexity index is 765. The standard InChI is InChI=1S/C19H19NO4/c1-22-15-5-3-14(4-6-15)19(8-9-19)11-20-18(21)13-2-7-16-17(10-13)24-12-23-16/h2-7,10H,8-9,11-12H2,1H3,(H,20,21). The first-order valence-corrected chi connectivity index (χ1v) is 8.03. The molecule has 2 aromatic carbocycles. The highest BCUT2D eigenvalue weighted by Gasteiger charge is 2.44. The summed E-state index contributed by atoms with van der Waals surface area (Å²) in [6.45, 7) is 0.841. The number of fused-ring (bicyclic) bond motifs is 1. The highest BCUT2D eigenvalue weighted by Crippen LogP contribution is 2.48. The maximum absolute atomic E-state index is 12.4. The van der Waals surface area contributed by atoms with Crippen LogP contribution in [0.4, 0.5) is 0 Å². The van der Waals surface area contributed by atoms with Crippen LogP contribution in [0.15, 0.2) is 42.5 Å². The molecule has 0 aromatic heterocycles. The quantitative estimate of drug-likeness (QED) is 0.918. The number of carbonyl (C=O) groups excluding carboxylic acids is 1. The van der Waals surface area contributed by atoms with Crippen molar-refractivity contribution in [2.75, 3.05) is 20.4 Å². The second-order valence-electron chi connectivity index (χ2n) is 6.26. The molecule has 0 radical (unpaired) electrons. The first-order valence-electron chi connectivity index (χ1n) is 8.03. The third-order valence-electron chi connectivity index (χ3n) is 4.78. The van der Waals surface area contributed by atoms with Gasteiger partial charge in [-0.2, -0.15) is 0 Å². The summed E-state index contributed by atoms with van der Waals surface area (Å²) in [5, 5.41) is 3.05. The third kappa shape index (κ3) is 2.66. The molecule has 1 fully saturated rings. The van der Waals surface area contributed by atoms with Crippen LogP contribution in [0, 0.1) is 0 Å². The average molecular weight is 325 g/mol. The molecule has 1 heterocycles. The van der Waals surface area contributed by atoms with Crippen molar-refractivity contribution in [3.05, 3.63) is 53.6 Å². The predicted molar refractivity (Wildman–Crippen MR) is 88.8 cm³/mol. The molecule has 1 amide bonds. The van der Waals surface area contributed by atoms with Gasteiger partial charge in [0.05, 0.1) is 7.11 Å². The number of benzene rings is 2. The average Bonchev–Trinajstić information content (AvgIpc) is 3.28. The van der Waals surface area contributed by atoms with Crippen LogP contribution >= 0.6 is 0 Å². The molecule has 0 saturated heterocycles. The molecular weight excluding hydrogens is 306 g/mol. The van der Waals surface area contributed by atoms with Gasteiger partial charge in [-0.05, 0) is 48.7 Å². The molecule has 0 bridgehead atoms. The summed E-state index contributed by atoms with van der Waals surface area (Å²) in [4.78, 5) is 12.4. The lowest BCUT2D eigenvalue weighted by atomic mass is 9.95. The Morgan fingerprint density at radius 1 is 1.12 bits per heavy atom. The van der Waals surface area contributed by atoms with Crippen LogP contribution in [-0.2, 0) is 5.41 Å². The largest absolute Gasteiger partial charge is 0.497 e. The van der Waals surface area contributed by atoms with Crippen LogP contribution in [-0.4, -0.2) is 26.4 Å². The normalized spacial score (nSPS) is 16.5. The molecule has 5 heteroatoms. The second-order valence-corrected chi connectivity index (χ2v) is 6.26. The van der Waals surface area contributed by atoms with E-state index in [4.69, 9.17) is 14.2 Å². The Kier molecular flexibility index (Phi) is 3.56. The zero-order valence-corrected chi connectivity index (χ0v) is 13.5. The van der Waals surface area contributed by atoms with Crippen molar-refractivity contribution in [3.8, 4) is 17.2 Å². The van der Waals surface area contributed by atoms with Gasteiger partial charge in [-0.25, -0.2) is 0 Å². The smallest absolute Gasteiger partial charge is 0.251 e. The summed E-state index contributed by atoms with van der Waals surface area (Å²) in [5.41, 5.74) is 1.89. The summed E-state index contributed by atoms with van der Waals surface area (Å²) in [7, 11) is 1.66. The topological polar surface area (TPSA) is 56.8 Å². The molecule has 4 rings (SSSR count). The predicted octanol–water partition coefficient (Wildman–Crippen LogP) is 2.89. The number of carbonyl (C=O) groups is 1. The van der Waals surface area contributed by atoms with E-state index < -0.39 is 0 Å². The minimum Gasteiger partial charge on any atom is -0.497 e. The van der Waals surface area contributed by atoms with E-state index >= 15 is 0 Å². The monoisotopic (exact) mass is 325 g/mol. The molecule has 0 unspecified atom stereocenters. The third-order valence-corrected chi connectivity index (χ3v) is 4.78. The van der Waals surface area contributed by atoms with Crippen LogP contribution in [0.1, 0.15) is 28.8 Å². The van der Waals surface area contributed by atoms with E-state index in [0.29, 0.717) is 23.6 Å². The SMILES string of the molecule is COc1ccc(C2(CNC(=O)c3ccc4c(c3)OCO4)CC2)cc1. The van der Waals surface area contributed by atoms with Crippen molar-refractivity contribution in [1.82, 2.24) is 5.32 Å². The summed E-state index contributed by atoms with van der Waals surface area (Å²) in [6.07, 6.45) is 2.17. The fourth-order valence-electron chi connectivity index (χ4n) is 3.05. The summed E-state index contributed by atoms with van der Waals surface area (Å²) < 4.78 is 15.8. The first kappa shape index (κ1) is 14.9. The van der Waals surface area contributed by atoms with Gasteiger partial charge in [0.1, 0.15) is 5.75 Å². The lowest BCUT2D eigenvalue weighted by Crippen LogP contribution is -2.32.